The number of hydrogen-bond donors (Lipinski definition) is 2. The number of halogens is 1. The predicted octanol–water partition coefficient (Wildman–Crippen LogP) is 3.42. The fourth-order valence-electron chi connectivity index (χ4n) is 2.88. The maximum atomic E-state index is 12.1. The maximum absolute atomic E-state index is 12.1. The molecule has 2 heterocycles. The summed E-state index contributed by atoms with van der Waals surface area (Å²) in [7, 11) is 0. The summed E-state index contributed by atoms with van der Waals surface area (Å²) in [5, 5.41) is 6.16. The molecule has 26 heavy (non-hydrogen) atoms. The molecule has 1 aliphatic heterocycles. The van der Waals surface area contributed by atoms with Crippen molar-refractivity contribution in [2.24, 2.45) is 10.4 Å². The number of guanidine groups is 1. The highest BCUT2D eigenvalue weighted by molar-refractivity contribution is 14.0. The van der Waals surface area contributed by atoms with Gasteiger partial charge in [-0.25, -0.2) is 4.98 Å². The molecule has 0 aromatic carbocycles. The van der Waals surface area contributed by atoms with Crippen molar-refractivity contribution >= 4 is 41.7 Å². The molecule has 0 radical (unpaired) electrons. The Morgan fingerprint density at radius 3 is 2.54 bits per heavy atom. The van der Waals surface area contributed by atoms with Crippen LogP contribution < -0.4 is 10.6 Å². The predicted molar refractivity (Wildman–Crippen MR) is 118 cm³/mol. The first-order valence-electron chi connectivity index (χ1n) is 8.97. The second kappa shape index (κ2) is 9.01. The molecular formula is C19H32IN5O. The van der Waals surface area contributed by atoms with Crippen molar-refractivity contribution in [3.8, 4) is 0 Å². The molecule has 1 aromatic heterocycles. The summed E-state index contributed by atoms with van der Waals surface area (Å²) in [6.45, 7) is 15.2. The molecule has 1 aromatic rings. The Morgan fingerprint density at radius 1 is 1.31 bits per heavy atom. The molecule has 1 amide bonds. The van der Waals surface area contributed by atoms with Crippen LogP contribution >= 0.6 is 24.0 Å². The number of aromatic nitrogens is 1. The van der Waals surface area contributed by atoms with Gasteiger partial charge in [-0.1, -0.05) is 19.9 Å². The van der Waals surface area contributed by atoms with E-state index in [1.165, 1.54) is 0 Å². The third-order valence-electron chi connectivity index (χ3n) is 5.23. The number of aryl methyl sites for hydroxylation is 1. The SMILES string of the molecule is CCNC(=NCCC(=O)Nc1cccc(C)n1)N1CC(C)(C)C1(C)C.I. The lowest BCUT2D eigenvalue weighted by atomic mass is 9.65. The van der Waals surface area contributed by atoms with Crippen LogP contribution in [0.3, 0.4) is 0 Å². The van der Waals surface area contributed by atoms with Crippen molar-refractivity contribution < 1.29 is 4.79 Å². The first-order valence-corrected chi connectivity index (χ1v) is 8.97. The van der Waals surface area contributed by atoms with Crippen LogP contribution in [0.4, 0.5) is 5.82 Å². The minimum atomic E-state index is -0.0686. The van der Waals surface area contributed by atoms with Crippen LogP contribution in [0.2, 0.25) is 0 Å². The minimum absolute atomic E-state index is 0. The van der Waals surface area contributed by atoms with Crippen LogP contribution in [-0.4, -0.2) is 46.9 Å². The van der Waals surface area contributed by atoms with E-state index in [9.17, 15) is 4.79 Å². The topological polar surface area (TPSA) is 69.6 Å². The molecule has 0 unspecified atom stereocenters. The van der Waals surface area contributed by atoms with Crippen LogP contribution in [0.1, 0.15) is 46.7 Å². The first-order chi connectivity index (χ1) is 11.7. The Balaban J connectivity index is 0.00000338. The Hall–Kier alpha value is -1.38. The smallest absolute Gasteiger partial charge is 0.227 e. The van der Waals surface area contributed by atoms with Gasteiger partial charge in [-0.3, -0.25) is 9.79 Å². The van der Waals surface area contributed by atoms with Gasteiger partial charge in [-0.2, -0.15) is 0 Å². The van der Waals surface area contributed by atoms with Crippen LogP contribution in [0.25, 0.3) is 0 Å². The quantitative estimate of drug-likeness (QED) is 0.391. The number of amides is 1. The highest BCUT2D eigenvalue weighted by Crippen LogP contribution is 2.46. The number of aliphatic imine (C=N–C) groups is 1. The third kappa shape index (κ3) is 5.08. The van der Waals surface area contributed by atoms with E-state index in [2.05, 4.69) is 60.1 Å². The van der Waals surface area contributed by atoms with Gasteiger partial charge in [0.15, 0.2) is 5.96 Å². The number of carbonyl (C=O) groups excluding carboxylic acids is 1. The fourth-order valence-corrected chi connectivity index (χ4v) is 2.88. The highest BCUT2D eigenvalue weighted by atomic mass is 127. The van der Waals surface area contributed by atoms with Gasteiger partial charge in [0.05, 0.1) is 6.54 Å². The summed E-state index contributed by atoms with van der Waals surface area (Å²) in [5.41, 5.74) is 1.17. The van der Waals surface area contributed by atoms with E-state index in [0.717, 1.165) is 24.7 Å². The maximum Gasteiger partial charge on any atom is 0.227 e. The zero-order chi connectivity index (χ0) is 18.7. The molecule has 6 nitrogen and oxygen atoms in total. The molecule has 1 fully saturated rings. The van der Waals surface area contributed by atoms with E-state index in [0.29, 0.717) is 18.8 Å². The largest absolute Gasteiger partial charge is 0.356 e. The number of anilines is 1. The summed E-state index contributed by atoms with van der Waals surface area (Å²) in [6.07, 6.45) is 0.335. The van der Waals surface area contributed by atoms with E-state index in [-0.39, 0.29) is 40.8 Å². The van der Waals surface area contributed by atoms with E-state index in [1.54, 1.807) is 6.07 Å². The van der Waals surface area contributed by atoms with Gasteiger partial charge in [0, 0.05) is 36.2 Å². The molecule has 0 atom stereocenters. The van der Waals surface area contributed by atoms with Gasteiger partial charge in [0.2, 0.25) is 5.91 Å². The average Bonchev–Trinajstić information content (AvgIpc) is 2.52. The monoisotopic (exact) mass is 473 g/mol. The van der Waals surface area contributed by atoms with E-state index >= 15 is 0 Å². The average molecular weight is 473 g/mol. The van der Waals surface area contributed by atoms with E-state index in [4.69, 9.17) is 0 Å². The zero-order valence-electron chi connectivity index (χ0n) is 16.7. The lowest BCUT2D eigenvalue weighted by Crippen LogP contribution is -2.72. The van der Waals surface area contributed by atoms with Crippen molar-refractivity contribution in [2.75, 3.05) is 25.0 Å². The molecule has 0 aliphatic carbocycles. The van der Waals surface area contributed by atoms with Gasteiger partial charge in [0.1, 0.15) is 5.82 Å². The van der Waals surface area contributed by atoms with Crippen molar-refractivity contribution in [3.05, 3.63) is 23.9 Å². The Labute approximate surface area is 174 Å². The molecule has 1 aliphatic rings. The number of likely N-dealkylation sites (tertiary alicyclic amines) is 1. The minimum Gasteiger partial charge on any atom is -0.356 e. The summed E-state index contributed by atoms with van der Waals surface area (Å²) in [6, 6.07) is 5.58. The van der Waals surface area contributed by atoms with Crippen LogP contribution in [0.5, 0.6) is 0 Å². The number of nitrogens with zero attached hydrogens (tertiary/aromatic N) is 3. The summed E-state index contributed by atoms with van der Waals surface area (Å²) in [5.74, 6) is 1.40. The number of pyridine rings is 1. The van der Waals surface area contributed by atoms with Crippen molar-refractivity contribution in [2.45, 2.75) is 53.5 Å². The van der Waals surface area contributed by atoms with Gasteiger partial charge in [0.25, 0.3) is 0 Å². The Kier molecular flexibility index (Phi) is 7.85. The Bertz CT molecular complexity index is 657. The zero-order valence-corrected chi connectivity index (χ0v) is 19.0. The van der Waals surface area contributed by atoms with E-state index in [1.807, 2.05) is 19.1 Å². The number of nitrogens with one attached hydrogen (secondary N) is 2. The molecule has 146 valence electrons. The molecular weight excluding hydrogens is 441 g/mol. The number of carbonyl (C=O) groups is 1. The number of rotatable bonds is 5. The fraction of sp³-hybridized carbons (Fsp3) is 0.632. The standard InChI is InChI=1S/C19H31N5O.HI/c1-7-20-17(24-13-18(3,4)19(24,5)6)21-12-11-16(25)23-15-10-8-9-14(2)22-15;/h8-10H,7,11-13H2,1-6H3,(H,20,21)(H,22,23,25);1H. The molecule has 0 bridgehead atoms. The number of hydrogen-bond acceptors (Lipinski definition) is 3. The lowest BCUT2D eigenvalue weighted by molar-refractivity contribution is -0.116. The van der Waals surface area contributed by atoms with Gasteiger partial charge >= 0.3 is 0 Å². The second-order valence-electron chi connectivity index (χ2n) is 7.73. The van der Waals surface area contributed by atoms with Crippen molar-refractivity contribution in [3.63, 3.8) is 0 Å². The van der Waals surface area contributed by atoms with Crippen molar-refractivity contribution in [1.29, 1.82) is 0 Å². The van der Waals surface area contributed by atoms with Crippen LogP contribution in [0, 0.1) is 12.3 Å². The third-order valence-corrected chi connectivity index (χ3v) is 5.23. The van der Waals surface area contributed by atoms with Gasteiger partial charge in [-0.15, -0.1) is 24.0 Å². The van der Waals surface area contributed by atoms with E-state index < -0.39 is 0 Å². The molecule has 1 saturated heterocycles. The summed E-state index contributed by atoms with van der Waals surface area (Å²) >= 11 is 0. The second-order valence-corrected chi connectivity index (χ2v) is 7.73. The molecule has 2 N–H and O–H groups in total. The summed E-state index contributed by atoms with van der Waals surface area (Å²) in [4.78, 5) is 23.3. The molecule has 0 saturated carbocycles. The van der Waals surface area contributed by atoms with Crippen molar-refractivity contribution in [1.82, 2.24) is 15.2 Å². The lowest BCUT2D eigenvalue weighted by Gasteiger charge is -2.62. The first kappa shape index (κ1) is 22.7. The molecule has 2 rings (SSSR count). The van der Waals surface area contributed by atoms with Gasteiger partial charge in [-0.05, 0) is 39.8 Å². The highest BCUT2D eigenvalue weighted by Gasteiger charge is 2.53. The van der Waals surface area contributed by atoms with Gasteiger partial charge < -0.3 is 15.5 Å². The van der Waals surface area contributed by atoms with Crippen LogP contribution in [-0.2, 0) is 4.79 Å². The summed E-state index contributed by atoms with van der Waals surface area (Å²) < 4.78 is 0. The molecule has 0 spiro atoms. The Morgan fingerprint density at radius 2 is 2.00 bits per heavy atom. The normalized spacial score (nSPS) is 17.8. The molecule has 7 heteroatoms. The van der Waals surface area contributed by atoms with Crippen LogP contribution in [0.15, 0.2) is 23.2 Å².